The molecular weight excluding hydrogens is 352 g/mol. The van der Waals surface area contributed by atoms with E-state index < -0.39 is 24.0 Å². The van der Waals surface area contributed by atoms with Crippen LogP contribution in [0.15, 0.2) is 0 Å². The zero-order chi connectivity index (χ0) is 18.5. The fourth-order valence-corrected chi connectivity index (χ4v) is 5.37. The lowest BCUT2D eigenvalue weighted by atomic mass is 9.94. The molecule has 5 aliphatic rings. The van der Waals surface area contributed by atoms with Crippen molar-refractivity contribution in [3.05, 3.63) is 0 Å². The van der Waals surface area contributed by atoms with Crippen LogP contribution in [0.5, 0.6) is 0 Å². The molecule has 0 unspecified atom stereocenters. The quantitative estimate of drug-likeness (QED) is 0.680. The standard InChI is InChI=1S/C20H30O7/c1-13(21)22-12-14-15-16(25-19(24-15)8-4-2-5-9-19)17-18(23-14)27-20(26-17)10-6-3-7-11-20/h14-18H,2-12H2,1H3/t14-,15-,16-,17+,18+/m0/s1. The molecule has 7 nitrogen and oxygen atoms in total. The van der Waals surface area contributed by atoms with Crippen molar-refractivity contribution in [3.8, 4) is 0 Å². The lowest BCUT2D eigenvalue weighted by molar-refractivity contribution is -0.255. The summed E-state index contributed by atoms with van der Waals surface area (Å²) in [6, 6.07) is 0. The third-order valence-electron chi connectivity index (χ3n) is 6.66. The molecule has 152 valence electrons. The summed E-state index contributed by atoms with van der Waals surface area (Å²) < 4.78 is 37.2. The van der Waals surface area contributed by atoms with Gasteiger partial charge in [-0.1, -0.05) is 12.8 Å². The molecule has 2 saturated carbocycles. The molecule has 0 bridgehead atoms. The first-order valence-electron chi connectivity index (χ1n) is 10.6. The van der Waals surface area contributed by atoms with Gasteiger partial charge in [0, 0.05) is 32.6 Å². The average Bonchev–Trinajstić information content (AvgIpc) is 3.19. The normalized spacial score (nSPS) is 42.0. The van der Waals surface area contributed by atoms with Crippen LogP contribution in [0, 0.1) is 0 Å². The predicted molar refractivity (Wildman–Crippen MR) is 92.6 cm³/mol. The summed E-state index contributed by atoms with van der Waals surface area (Å²) in [5, 5.41) is 0. The van der Waals surface area contributed by atoms with Crippen molar-refractivity contribution in [1.29, 1.82) is 0 Å². The molecule has 3 heterocycles. The Hall–Kier alpha value is -0.730. The molecule has 0 N–H and O–H groups in total. The summed E-state index contributed by atoms with van der Waals surface area (Å²) in [6.45, 7) is 1.56. The van der Waals surface area contributed by atoms with E-state index in [1.807, 2.05) is 0 Å². The highest BCUT2D eigenvalue weighted by molar-refractivity contribution is 5.65. The van der Waals surface area contributed by atoms with E-state index in [4.69, 9.17) is 28.4 Å². The highest BCUT2D eigenvalue weighted by Crippen LogP contribution is 2.50. The van der Waals surface area contributed by atoms with E-state index in [1.165, 1.54) is 19.8 Å². The summed E-state index contributed by atoms with van der Waals surface area (Å²) in [5.41, 5.74) is 0. The second kappa shape index (κ2) is 6.95. The van der Waals surface area contributed by atoms with E-state index in [1.54, 1.807) is 0 Å². The lowest BCUT2D eigenvalue weighted by Gasteiger charge is -2.36. The van der Waals surface area contributed by atoms with Crippen molar-refractivity contribution in [3.63, 3.8) is 0 Å². The number of fused-ring (bicyclic) bond motifs is 3. The molecule has 0 amide bonds. The largest absolute Gasteiger partial charge is 0.463 e. The van der Waals surface area contributed by atoms with Gasteiger partial charge in [-0.2, -0.15) is 0 Å². The molecule has 27 heavy (non-hydrogen) atoms. The molecule has 5 fully saturated rings. The van der Waals surface area contributed by atoms with Gasteiger partial charge >= 0.3 is 5.97 Å². The molecule has 0 aromatic carbocycles. The second-order valence-electron chi connectivity index (χ2n) is 8.65. The van der Waals surface area contributed by atoms with E-state index in [0.29, 0.717) is 0 Å². The maximum atomic E-state index is 11.3. The monoisotopic (exact) mass is 382 g/mol. The van der Waals surface area contributed by atoms with Gasteiger partial charge in [0.15, 0.2) is 17.9 Å². The van der Waals surface area contributed by atoms with E-state index >= 15 is 0 Å². The van der Waals surface area contributed by atoms with Gasteiger partial charge in [-0.15, -0.1) is 0 Å². The van der Waals surface area contributed by atoms with Crippen LogP contribution in [-0.4, -0.2) is 54.9 Å². The van der Waals surface area contributed by atoms with Gasteiger partial charge in [-0.3, -0.25) is 4.79 Å². The molecule has 2 spiro atoms. The van der Waals surface area contributed by atoms with Crippen molar-refractivity contribution in [1.82, 2.24) is 0 Å². The first-order valence-corrected chi connectivity index (χ1v) is 10.6. The molecule has 7 heteroatoms. The second-order valence-corrected chi connectivity index (χ2v) is 8.65. The van der Waals surface area contributed by atoms with E-state index in [2.05, 4.69) is 0 Å². The van der Waals surface area contributed by atoms with E-state index in [-0.39, 0.29) is 30.9 Å². The van der Waals surface area contributed by atoms with Gasteiger partial charge in [0.25, 0.3) is 0 Å². The number of carbonyl (C=O) groups excluding carboxylic acids is 1. The third-order valence-corrected chi connectivity index (χ3v) is 6.66. The van der Waals surface area contributed by atoms with Gasteiger partial charge < -0.3 is 28.4 Å². The van der Waals surface area contributed by atoms with Gasteiger partial charge in [0.1, 0.15) is 31.0 Å². The summed E-state index contributed by atoms with van der Waals surface area (Å²) in [7, 11) is 0. The number of hydrogen-bond acceptors (Lipinski definition) is 7. The van der Waals surface area contributed by atoms with Gasteiger partial charge in [0.2, 0.25) is 0 Å². The molecule has 0 aromatic rings. The Morgan fingerprint density at radius 2 is 1.37 bits per heavy atom. The number of esters is 1. The highest BCUT2D eigenvalue weighted by atomic mass is 16.9. The molecule has 5 rings (SSSR count). The van der Waals surface area contributed by atoms with Crippen molar-refractivity contribution in [2.24, 2.45) is 0 Å². The number of rotatable bonds is 2. The maximum absolute atomic E-state index is 11.3. The van der Waals surface area contributed by atoms with Crippen LogP contribution in [0.3, 0.4) is 0 Å². The number of ether oxygens (including phenoxy) is 6. The zero-order valence-electron chi connectivity index (χ0n) is 16.0. The fourth-order valence-electron chi connectivity index (χ4n) is 5.37. The van der Waals surface area contributed by atoms with E-state index in [9.17, 15) is 4.79 Å². The van der Waals surface area contributed by atoms with Crippen molar-refractivity contribution in [2.45, 2.75) is 113 Å². The van der Waals surface area contributed by atoms with Gasteiger partial charge in [0.05, 0.1) is 0 Å². The maximum Gasteiger partial charge on any atom is 0.302 e. The van der Waals surface area contributed by atoms with Crippen LogP contribution < -0.4 is 0 Å². The Bertz CT molecular complexity index is 567. The SMILES string of the molecule is CC(=O)OC[C@@H]1O[C@@H]2OC3(CCCCC3)O[C@@H]2[C@H]2OC3(CCCCC3)O[C@H]21. The Kier molecular flexibility index (Phi) is 4.71. The van der Waals surface area contributed by atoms with Crippen LogP contribution in [0.2, 0.25) is 0 Å². The summed E-state index contributed by atoms with van der Waals surface area (Å²) in [4.78, 5) is 11.3. The first kappa shape index (κ1) is 18.3. The Balaban J connectivity index is 1.38. The minimum atomic E-state index is -0.555. The topological polar surface area (TPSA) is 72.5 Å². The molecule has 3 aliphatic heterocycles. The predicted octanol–water partition coefficient (Wildman–Crippen LogP) is 2.79. The van der Waals surface area contributed by atoms with Crippen LogP contribution >= 0.6 is 0 Å². The Morgan fingerprint density at radius 1 is 0.815 bits per heavy atom. The Morgan fingerprint density at radius 3 is 2.00 bits per heavy atom. The Labute approximate surface area is 159 Å². The van der Waals surface area contributed by atoms with Crippen LogP contribution in [0.25, 0.3) is 0 Å². The molecule has 0 radical (unpaired) electrons. The minimum absolute atomic E-state index is 0.148. The smallest absolute Gasteiger partial charge is 0.302 e. The average molecular weight is 382 g/mol. The summed E-state index contributed by atoms with van der Waals surface area (Å²) >= 11 is 0. The molecule has 3 saturated heterocycles. The zero-order valence-corrected chi connectivity index (χ0v) is 16.0. The first-order chi connectivity index (χ1) is 13.1. The van der Waals surface area contributed by atoms with Crippen molar-refractivity contribution >= 4 is 5.97 Å². The van der Waals surface area contributed by atoms with Crippen LogP contribution in [0.4, 0.5) is 0 Å². The van der Waals surface area contributed by atoms with Gasteiger partial charge in [-0.05, 0) is 25.7 Å². The van der Waals surface area contributed by atoms with Crippen LogP contribution in [0.1, 0.15) is 71.1 Å². The van der Waals surface area contributed by atoms with Crippen LogP contribution in [-0.2, 0) is 33.2 Å². The summed E-state index contributed by atoms with van der Waals surface area (Å²) in [5.74, 6) is -1.43. The fraction of sp³-hybridized carbons (Fsp3) is 0.950. The van der Waals surface area contributed by atoms with Crippen molar-refractivity contribution in [2.75, 3.05) is 6.61 Å². The highest BCUT2D eigenvalue weighted by Gasteiger charge is 2.64. The molecule has 5 atom stereocenters. The van der Waals surface area contributed by atoms with E-state index in [0.717, 1.165) is 51.4 Å². The molecular formula is C20H30O7. The molecule has 2 aliphatic carbocycles. The third kappa shape index (κ3) is 3.31. The molecule has 0 aromatic heterocycles. The number of hydrogen-bond donors (Lipinski definition) is 0. The lowest BCUT2D eigenvalue weighted by Crippen LogP contribution is -2.56. The van der Waals surface area contributed by atoms with Crippen molar-refractivity contribution < 1.29 is 33.2 Å². The number of carbonyl (C=O) groups is 1. The minimum Gasteiger partial charge on any atom is -0.463 e. The van der Waals surface area contributed by atoms with Gasteiger partial charge in [-0.25, -0.2) is 0 Å². The summed E-state index contributed by atoms with van der Waals surface area (Å²) in [6.07, 6.45) is 8.68.